The second-order valence-corrected chi connectivity index (χ2v) is 7.33. The normalized spacial score (nSPS) is 10.9. The molecule has 0 unspecified atom stereocenters. The summed E-state index contributed by atoms with van der Waals surface area (Å²) < 4.78 is 41.7. The van der Waals surface area contributed by atoms with Crippen LogP contribution < -0.4 is 10.5 Å². The van der Waals surface area contributed by atoms with Crippen LogP contribution in [0.1, 0.15) is 11.1 Å². The summed E-state index contributed by atoms with van der Waals surface area (Å²) in [6.45, 7) is -0.509. The summed E-state index contributed by atoms with van der Waals surface area (Å²) in [5.74, 6) is 0.102. The van der Waals surface area contributed by atoms with Gasteiger partial charge in [0.25, 0.3) is 0 Å². The number of nitrogens with two attached hydrogens (primary N) is 1. The Bertz CT molecular complexity index is 922. The van der Waals surface area contributed by atoms with Crippen LogP contribution in [0.4, 0.5) is 19.0 Å². The molecule has 0 aliphatic rings. The van der Waals surface area contributed by atoms with Crippen molar-refractivity contribution >= 4 is 29.3 Å². The van der Waals surface area contributed by atoms with Crippen LogP contribution in [0.3, 0.4) is 0 Å². The van der Waals surface area contributed by atoms with Crippen LogP contribution in [0.2, 0.25) is 0 Å². The number of ether oxygens (including phenoxy) is 1. The Morgan fingerprint density at radius 3 is 2.29 bits per heavy atom. The highest BCUT2D eigenvalue weighted by Crippen LogP contribution is 2.37. The standard InChI is InChI=1S/C17H13F3N4O2S2/c18-17(19,20)28-6-5-27-16-13(8-22)14(12(7-21)15(23)24-16)10-1-3-11(4-2-10)26-9-25/h1-4,25H,5-6,9H2,(H2,23,24). The van der Waals surface area contributed by atoms with E-state index in [4.69, 9.17) is 15.6 Å². The third kappa shape index (κ3) is 5.45. The minimum atomic E-state index is -4.33. The molecular weight excluding hydrogens is 413 g/mol. The second-order valence-electron chi connectivity index (χ2n) is 5.09. The summed E-state index contributed by atoms with van der Waals surface area (Å²) in [5.41, 5.74) is 2.31. The minimum Gasteiger partial charge on any atom is -0.468 e. The molecule has 11 heteroatoms. The third-order valence-corrected chi connectivity index (χ3v) is 5.35. The summed E-state index contributed by atoms with van der Waals surface area (Å²) in [6, 6.07) is 10.1. The summed E-state index contributed by atoms with van der Waals surface area (Å²) in [4.78, 5) is 4.03. The molecule has 2 aromatic rings. The van der Waals surface area contributed by atoms with E-state index >= 15 is 0 Å². The predicted octanol–water partition coefficient (Wildman–Crippen LogP) is 3.75. The summed E-state index contributed by atoms with van der Waals surface area (Å²) >= 11 is 0.800. The molecule has 0 aliphatic carbocycles. The third-order valence-electron chi connectivity index (χ3n) is 3.38. The number of aliphatic hydroxyl groups is 1. The Hall–Kier alpha value is -2.60. The van der Waals surface area contributed by atoms with Gasteiger partial charge in [0.15, 0.2) is 6.79 Å². The van der Waals surface area contributed by atoms with Crippen molar-refractivity contribution in [3.8, 4) is 29.0 Å². The number of thioether (sulfide) groups is 2. The summed E-state index contributed by atoms with van der Waals surface area (Å²) in [7, 11) is 0. The molecule has 1 heterocycles. The Morgan fingerprint density at radius 1 is 1.11 bits per heavy atom. The van der Waals surface area contributed by atoms with Crippen LogP contribution >= 0.6 is 23.5 Å². The molecule has 6 nitrogen and oxygen atoms in total. The fraction of sp³-hybridized carbons (Fsp3) is 0.235. The van der Waals surface area contributed by atoms with Crippen molar-refractivity contribution in [2.45, 2.75) is 10.5 Å². The number of nitrogens with zero attached hydrogens (tertiary/aromatic N) is 3. The van der Waals surface area contributed by atoms with Gasteiger partial charge in [-0.05, 0) is 17.7 Å². The van der Waals surface area contributed by atoms with E-state index in [1.165, 1.54) is 12.1 Å². The van der Waals surface area contributed by atoms with Gasteiger partial charge in [0.05, 0.1) is 5.56 Å². The van der Waals surface area contributed by atoms with Gasteiger partial charge in [0.2, 0.25) is 0 Å². The zero-order chi connectivity index (χ0) is 20.7. The minimum absolute atomic E-state index is 0.00129. The van der Waals surface area contributed by atoms with Crippen molar-refractivity contribution in [1.29, 1.82) is 10.5 Å². The lowest BCUT2D eigenvalue weighted by atomic mass is 9.97. The van der Waals surface area contributed by atoms with Crippen LogP contribution in [0.5, 0.6) is 5.75 Å². The molecule has 3 N–H and O–H groups in total. The van der Waals surface area contributed by atoms with Gasteiger partial charge in [0, 0.05) is 17.1 Å². The molecule has 1 aromatic heterocycles. The van der Waals surface area contributed by atoms with Gasteiger partial charge in [0.1, 0.15) is 34.3 Å². The number of nitrogen functional groups attached to an aromatic ring is 1. The summed E-state index contributed by atoms with van der Waals surface area (Å²) in [6.07, 6.45) is 0. The highest BCUT2D eigenvalue weighted by molar-refractivity contribution is 8.03. The topological polar surface area (TPSA) is 116 Å². The number of anilines is 1. The number of rotatable bonds is 7. The Morgan fingerprint density at radius 2 is 1.75 bits per heavy atom. The van der Waals surface area contributed by atoms with Gasteiger partial charge in [-0.2, -0.15) is 23.7 Å². The fourth-order valence-corrected chi connectivity index (χ4v) is 3.83. The van der Waals surface area contributed by atoms with Crippen molar-refractivity contribution in [1.82, 2.24) is 4.98 Å². The van der Waals surface area contributed by atoms with Crippen LogP contribution in [-0.4, -0.2) is 33.9 Å². The maximum absolute atomic E-state index is 12.3. The van der Waals surface area contributed by atoms with E-state index in [2.05, 4.69) is 4.98 Å². The molecule has 0 amide bonds. The number of halogens is 3. The molecule has 0 saturated carbocycles. The van der Waals surface area contributed by atoms with Crippen molar-refractivity contribution in [2.24, 2.45) is 0 Å². The molecule has 28 heavy (non-hydrogen) atoms. The van der Waals surface area contributed by atoms with Gasteiger partial charge < -0.3 is 15.6 Å². The van der Waals surface area contributed by atoms with E-state index in [0.29, 0.717) is 11.3 Å². The van der Waals surface area contributed by atoms with E-state index in [1.54, 1.807) is 12.1 Å². The number of nitriles is 2. The monoisotopic (exact) mass is 426 g/mol. The molecular formula is C17H13F3N4O2S2. The van der Waals surface area contributed by atoms with E-state index in [0.717, 1.165) is 11.8 Å². The molecule has 0 atom stereocenters. The number of aliphatic hydroxyl groups excluding tert-OH is 1. The number of aromatic nitrogens is 1. The molecule has 0 spiro atoms. The van der Waals surface area contributed by atoms with Crippen molar-refractivity contribution in [2.75, 3.05) is 24.0 Å². The highest BCUT2D eigenvalue weighted by atomic mass is 32.2. The van der Waals surface area contributed by atoms with Gasteiger partial charge >= 0.3 is 5.51 Å². The number of alkyl halides is 3. The summed E-state index contributed by atoms with van der Waals surface area (Å²) in [5, 5.41) is 28.0. The zero-order valence-corrected chi connectivity index (χ0v) is 15.8. The first kappa shape index (κ1) is 21.7. The average molecular weight is 426 g/mol. The van der Waals surface area contributed by atoms with Gasteiger partial charge in [-0.15, -0.1) is 11.8 Å². The van der Waals surface area contributed by atoms with Crippen molar-refractivity contribution < 1.29 is 23.0 Å². The largest absolute Gasteiger partial charge is 0.468 e. The van der Waals surface area contributed by atoms with Gasteiger partial charge in [-0.25, -0.2) is 4.98 Å². The maximum Gasteiger partial charge on any atom is 0.441 e. The van der Waals surface area contributed by atoms with E-state index in [9.17, 15) is 23.7 Å². The van der Waals surface area contributed by atoms with Gasteiger partial charge in [-0.1, -0.05) is 23.9 Å². The van der Waals surface area contributed by atoms with E-state index in [1.807, 2.05) is 12.1 Å². The van der Waals surface area contributed by atoms with Crippen LogP contribution in [0.25, 0.3) is 11.1 Å². The molecule has 0 saturated heterocycles. The number of benzene rings is 1. The van der Waals surface area contributed by atoms with Crippen LogP contribution in [0.15, 0.2) is 29.3 Å². The van der Waals surface area contributed by atoms with Crippen LogP contribution in [0, 0.1) is 22.7 Å². The lowest BCUT2D eigenvalue weighted by molar-refractivity contribution is -0.0326. The first-order valence-corrected chi connectivity index (χ1v) is 9.59. The molecule has 0 radical (unpaired) electrons. The van der Waals surface area contributed by atoms with Crippen molar-refractivity contribution in [3.05, 3.63) is 35.4 Å². The quantitative estimate of drug-likeness (QED) is 0.391. The Labute approximate surface area is 167 Å². The van der Waals surface area contributed by atoms with Gasteiger partial charge in [-0.3, -0.25) is 0 Å². The molecule has 1 aromatic carbocycles. The lowest BCUT2D eigenvalue weighted by Gasteiger charge is -2.13. The molecule has 0 aliphatic heterocycles. The van der Waals surface area contributed by atoms with Crippen molar-refractivity contribution in [3.63, 3.8) is 0 Å². The zero-order valence-electron chi connectivity index (χ0n) is 14.2. The maximum atomic E-state index is 12.3. The molecule has 0 bridgehead atoms. The highest BCUT2D eigenvalue weighted by Gasteiger charge is 2.27. The Kier molecular flexibility index (Phi) is 7.40. The fourth-order valence-electron chi connectivity index (χ4n) is 2.28. The number of pyridine rings is 1. The predicted molar refractivity (Wildman–Crippen MR) is 100 cm³/mol. The molecule has 2 rings (SSSR count). The lowest BCUT2D eigenvalue weighted by Crippen LogP contribution is -2.05. The molecule has 0 fully saturated rings. The van der Waals surface area contributed by atoms with Crippen LogP contribution in [-0.2, 0) is 0 Å². The second kappa shape index (κ2) is 9.55. The first-order chi connectivity index (χ1) is 13.3. The smallest absolute Gasteiger partial charge is 0.441 e. The molecule has 146 valence electrons. The Balaban J connectivity index is 2.42. The first-order valence-electron chi connectivity index (χ1n) is 7.62. The average Bonchev–Trinajstić information content (AvgIpc) is 2.65. The SMILES string of the molecule is N#Cc1c(N)nc(SCCSC(F)(F)F)c(C#N)c1-c1ccc(OCO)cc1. The van der Waals surface area contributed by atoms with E-state index in [-0.39, 0.29) is 50.8 Å². The number of hydrogen-bond donors (Lipinski definition) is 2. The van der Waals surface area contributed by atoms with E-state index < -0.39 is 12.3 Å². The number of hydrogen-bond acceptors (Lipinski definition) is 8.